The van der Waals surface area contributed by atoms with E-state index in [0.717, 1.165) is 11.1 Å². The van der Waals surface area contributed by atoms with Gasteiger partial charge in [0, 0.05) is 12.0 Å². The zero-order valence-electron chi connectivity index (χ0n) is 18.1. The molecular weight excluding hydrogens is 339 g/mol. The molecule has 2 atom stereocenters. The van der Waals surface area contributed by atoms with Gasteiger partial charge in [0.15, 0.2) is 0 Å². The summed E-state index contributed by atoms with van der Waals surface area (Å²) < 4.78 is 11.9. The minimum atomic E-state index is -1.05. The maximum Gasteiger partial charge on any atom is 0.487 e. The standard InChI is InChI=1S/C22H35BO4/c1-16(10-9-13-23-26-20(4,5)21(6,7)27-23)11-12-18-19(2,3)14-17(24)15-22(18,8)25/h9-11,13,17,24-25H,14-15H2,1-8H3/b13-9+,16-10+/t12?,17-,22+/m0/s1. The molecule has 2 rings (SSSR count). The average Bonchev–Trinajstić information content (AvgIpc) is 2.63. The molecule has 2 aliphatic rings. The summed E-state index contributed by atoms with van der Waals surface area (Å²) in [6.07, 6.45) is 6.27. The molecule has 0 spiro atoms. The lowest BCUT2D eigenvalue weighted by molar-refractivity contribution is -0.0268. The third kappa shape index (κ3) is 5.04. The van der Waals surface area contributed by atoms with Crippen molar-refractivity contribution < 1.29 is 19.5 Å². The molecule has 0 aromatic carbocycles. The van der Waals surface area contributed by atoms with Gasteiger partial charge in [-0.15, -0.1) is 5.73 Å². The van der Waals surface area contributed by atoms with Crippen LogP contribution in [0.15, 0.2) is 41.1 Å². The van der Waals surface area contributed by atoms with Crippen molar-refractivity contribution in [2.45, 2.75) is 91.1 Å². The Kier molecular flexibility index (Phi) is 6.07. The second-order valence-corrected chi connectivity index (χ2v) is 9.80. The van der Waals surface area contributed by atoms with Crippen molar-refractivity contribution in [2.24, 2.45) is 5.41 Å². The predicted octanol–water partition coefficient (Wildman–Crippen LogP) is 4.13. The summed E-state index contributed by atoms with van der Waals surface area (Å²) in [5.41, 5.74) is 3.12. The van der Waals surface area contributed by atoms with Crippen LogP contribution >= 0.6 is 0 Å². The first-order valence-electron chi connectivity index (χ1n) is 9.75. The molecule has 2 N–H and O–H groups in total. The highest BCUT2D eigenvalue weighted by atomic mass is 16.7. The van der Waals surface area contributed by atoms with Crippen molar-refractivity contribution >= 4 is 7.12 Å². The monoisotopic (exact) mass is 374 g/mol. The second kappa shape index (κ2) is 7.38. The molecule has 0 aromatic heterocycles. The van der Waals surface area contributed by atoms with Crippen LogP contribution in [-0.2, 0) is 9.31 Å². The highest BCUT2D eigenvalue weighted by Crippen LogP contribution is 2.45. The summed E-state index contributed by atoms with van der Waals surface area (Å²) in [6.45, 7) is 16.0. The Balaban J connectivity index is 2.14. The number of hydrogen-bond donors (Lipinski definition) is 2. The molecule has 27 heavy (non-hydrogen) atoms. The van der Waals surface area contributed by atoms with E-state index >= 15 is 0 Å². The maximum atomic E-state index is 10.7. The Labute approximate surface area is 164 Å². The van der Waals surface area contributed by atoms with E-state index in [1.807, 2.05) is 72.7 Å². The van der Waals surface area contributed by atoms with Crippen LogP contribution in [-0.4, -0.2) is 40.2 Å². The number of aliphatic hydroxyl groups is 2. The van der Waals surface area contributed by atoms with Crippen LogP contribution in [0.5, 0.6) is 0 Å². The highest BCUT2D eigenvalue weighted by Gasteiger charge is 2.50. The van der Waals surface area contributed by atoms with Gasteiger partial charge in [-0.05, 0) is 65.0 Å². The van der Waals surface area contributed by atoms with Gasteiger partial charge in [0.2, 0.25) is 0 Å². The smallest absolute Gasteiger partial charge is 0.400 e. The molecule has 0 bridgehead atoms. The number of hydrogen-bond acceptors (Lipinski definition) is 4. The molecule has 4 nitrogen and oxygen atoms in total. The molecule has 1 saturated carbocycles. The summed E-state index contributed by atoms with van der Waals surface area (Å²) in [5, 5.41) is 20.7. The molecule has 0 unspecified atom stereocenters. The van der Waals surface area contributed by atoms with E-state index in [1.165, 1.54) is 0 Å². The first kappa shape index (κ1) is 22.2. The Hall–Kier alpha value is -1.10. The molecule has 1 saturated heterocycles. The Morgan fingerprint density at radius 2 is 1.63 bits per heavy atom. The van der Waals surface area contributed by atoms with Crippen LogP contribution < -0.4 is 0 Å². The Morgan fingerprint density at radius 1 is 1.07 bits per heavy atom. The van der Waals surface area contributed by atoms with Gasteiger partial charge in [-0.3, -0.25) is 0 Å². The van der Waals surface area contributed by atoms with E-state index in [9.17, 15) is 10.2 Å². The van der Waals surface area contributed by atoms with Gasteiger partial charge in [-0.25, -0.2) is 0 Å². The van der Waals surface area contributed by atoms with Crippen molar-refractivity contribution in [1.29, 1.82) is 0 Å². The summed E-state index contributed by atoms with van der Waals surface area (Å²) in [7, 11) is -0.360. The van der Waals surface area contributed by atoms with Crippen LogP contribution in [0.4, 0.5) is 0 Å². The fourth-order valence-electron chi connectivity index (χ4n) is 3.90. The topological polar surface area (TPSA) is 58.9 Å². The van der Waals surface area contributed by atoms with E-state index < -0.39 is 11.7 Å². The van der Waals surface area contributed by atoms with Crippen molar-refractivity contribution in [2.75, 3.05) is 0 Å². The third-order valence-corrected chi connectivity index (χ3v) is 5.94. The lowest BCUT2D eigenvalue weighted by Crippen LogP contribution is -2.45. The molecule has 5 heteroatoms. The SMILES string of the molecule is C/C(C=C=C1C(C)(C)C[C@H](O)C[C@@]1(C)O)=C\C=C\B1OC(C)(C)C(C)(C)O1. The lowest BCUT2D eigenvalue weighted by atomic mass is 9.65. The van der Waals surface area contributed by atoms with E-state index in [1.54, 1.807) is 6.92 Å². The third-order valence-electron chi connectivity index (χ3n) is 5.94. The zero-order chi connectivity index (χ0) is 20.7. The van der Waals surface area contributed by atoms with Crippen LogP contribution in [0.25, 0.3) is 0 Å². The molecule has 1 aliphatic carbocycles. The van der Waals surface area contributed by atoms with Crippen LogP contribution in [0.2, 0.25) is 0 Å². The first-order valence-corrected chi connectivity index (χ1v) is 9.75. The Morgan fingerprint density at radius 3 is 2.15 bits per heavy atom. The van der Waals surface area contributed by atoms with Crippen molar-refractivity contribution in [1.82, 2.24) is 0 Å². The summed E-state index contributed by atoms with van der Waals surface area (Å²) in [4.78, 5) is 0. The van der Waals surface area contributed by atoms with Gasteiger partial charge in [-0.2, -0.15) is 0 Å². The minimum Gasteiger partial charge on any atom is -0.400 e. The van der Waals surface area contributed by atoms with E-state index in [4.69, 9.17) is 9.31 Å². The van der Waals surface area contributed by atoms with Crippen molar-refractivity contribution in [3.05, 3.63) is 41.1 Å². The average molecular weight is 374 g/mol. The normalized spacial score (nSPS) is 32.7. The maximum absolute atomic E-state index is 10.7. The van der Waals surface area contributed by atoms with E-state index in [0.29, 0.717) is 12.8 Å². The van der Waals surface area contributed by atoms with Crippen molar-refractivity contribution in [3.8, 4) is 0 Å². The number of allylic oxidation sites excluding steroid dienone is 3. The first-order chi connectivity index (χ1) is 12.2. The lowest BCUT2D eigenvalue weighted by Gasteiger charge is -2.43. The molecule has 0 amide bonds. The molecule has 2 fully saturated rings. The molecule has 0 aromatic rings. The predicted molar refractivity (Wildman–Crippen MR) is 110 cm³/mol. The molecule has 150 valence electrons. The molecular formula is C22H35BO4. The summed E-state index contributed by atoms with van der Waals surface area (Å²) in [6, 6.07) is 0. The van der Waals surface area contributed by atoms with Gasteiger partial charge < -0.3 is 19.5 Å². The molecule has 1 aliphatic heterocycles. The second-order valence-electron chi connectivity index (χ2n) is 9.80. The van der Waals surface area contributed by atoms with Crippen molar-refractivity contribution in [3.63, 3.8) is 0 Å². The van der Waals surface area contributed by atoms with E-state index in [-0.39, 0.29) is 23.7 Å². The fourth-order valence-corrected chi connectivity index (χ4v) is 3.90. The Bertz CT molecular complexity index is 655. The molecule has 1 heterocycles. The van der Waals surface area contributed by atoms with Crippen LogP contribution in [0.1, 0.15) is 68.2 Å². The summed E-state index contributed by atoms with van der Waals surface area (Å²) in [5.74, 6) is 1.90. The molecule has 0 radical (unpaired) electrons. The van der Waals surface area contributed by atoms with E-state index in [2.05, 4.69) is 5.73 Å². The number of rotatable bonds is 3. The van der Waals surface area contributed by atoms with Gasteiger partial charge in [-0.1, -0.05) is 32.0 Å². The van der Waals surface area contributed by atoms with Gasteiger partial charge in [0.1, 0.15) is 0 Å². The largest absolute Gasteiger partial charge is 0.487 e. The summed E-state index contributed by atoms with van der Waals surface area (Å²) >= 11 is 0. The van der Waals surface area contributed by atoms with Gasteiger partial charge in [0.25, 0.3) is 0 Å². The fraction of sp³-hybridized carbons (Fsp3) is 0.682. The minimum absolute atomic E-state index is 0.295. The van der Waals surface area contributed by atoms with Crippen LogP contribution in [0, 0.1) is 5.41 Å². The van der Waals surface area contributed by atoms with Gasteiger partial charge >= 0.3 is 7.12 Å². The number of aliphatic hydroxyl groups excluding tert-OH is 1. The van der Waals surface area contributed by atoms with Gasteiger partial charge in [0.05, 0.1) is 22.9 Å². The zero-order valence-corrected chi connectivity index (χ0v) is 18.1. The quantitative estimate of drug-likeness (QED) is 0.443. The highest BCUT2D eigenvalue weighted by molar-refractivity contribution is 6.51. The van der Waals surface area contributed by atoms with Crippen LogP contribution in [0.3, 0.4) is 0 Å².